The van der Waals surface area contributed by atoms with Crippen molar-refractivity contribution in [1.29, 1.82) is 0 Å². The van der Waals surface area contributed by atoms with Gasteiger partial charge in [-0.3, -0.25) is 0 Å². The Morgan fingerprint density at radius 3 is 1.88 bits per heavy atom. The molecule has 128 valence electrons. The van der Waals surface area contributed by atoms with Gasteiger partial charge in [0, 0.05) is 12.0 Å². The van der Waals surface area contributed by atoms with Crippen LogP contribution >= 0.6 is 0 Å². The van der Waals surface area contributed by atoms with Crippen molar-refractivity contribution < 1.29 is 4.74 Å². The van der Waals surface area contributed by atoms with Crippen LogP contribution in [0.2, 0.25) is 0 Å². The van der Waals surface area contributed by atoms with E-state index in [9.17, 15) is 0 Å². The molecule has 1 aliphatic rings. The van der Waals surface area contributed by atoms with Gasteiger partial charge in [-0.2, -0.15) is 0 Å². The molecule has 24 heavy (non-hydrogen) atoms. The average molecular weight is 322 g/mol. The first-order chi connectivity index (χ1) is 11.1. The molecule has 0 saturated heterocycles. The summed E-state index contributed by atoms with van der Waals surface area (Å²) in [6, 6.07) is 8.98. The number of hydrogen-bond donors (Lipinski definition) is 0. The first kappa shape index (κ1) is 17.1. The Kier molecular flexibility index (Phi) is 3.82. The van der Waals surface area contributed by atoms with E-state index >= 15 is 0 Å². The molecule has 3 rings (SSSR count). The molecule has 1 atom stereocenters. The molecule has 1 heteroatoms. The fourth-order valence-electron chi connectivity index (χ4n) is 4.33. The topological polar surface area (TPSA) is 9.23 Å². The highest BCUT2D eigenvalue weighted by atomic mass is 16.5. The molecule has 1 nitrogen and oxygen atoms in total. The van der Waals surface area contributed by atoms with E-state index in [-0.39, 0.29) is 11.0 Å². The minimum Gasteiger partial charge on any atom is -0.482 e. The molecule has 0 aliphatic carbocycles. The summed E-state index contributed by atoms with van der Waals surface area (Å²) in [5.41, 5.74) is 9.11. The SMILES string of the molecule is Cc1ccc(C2(C)CC(C)(C)c3ccc(C)c(C)c3O2)c(C)c1C. The van der Waals surface area contributed by atoms with E-state index in [0.29, 0.717) is 0 Å². The van der Waals surface area contributed by atoms with Crippen molar-refractivity contribution in [2.75, 3.05) is 0 Å². The molecule has 1 heterocycles. The van der Waals surface area contributed by atoms with Crippen molar-refractivity contribution in [3.8, 4) is 5.75 Å². The van der Waals surface area contributed by atoms with Crippen LogP contribution in [0.4, 0.5) is 0 Å². The van der Waals surface area contributed by atoms with Crippen LogP contribution in [0.3, 0.4) is 0 Å². The van der Waals surface area contributed by atoms with Gasteiger partial charge in [-0.15, -0.1) is 0 Å². The molecule has 1 unspecified atom stereocenters. The fourth-order valence-corrected chi connectivity index (χ4v) is 4.33. The Labute approximate surface area is 147 Å². The Bertz CT molecular complexity index is 813. The molecule has 0 spiro atoms. The van der Waals surface area contributed by atoms with E-state index < -0.39 is 0 Å². The molecule has 1 aliphatic heterocycles. The quantitative estimate of drug-likeness (QED) is 0.607. The predicted molar refractivity (Wildman–Crippen MR) is 102 cm³/mol. The first-order valence-corrected chi connectivity index (χ1v) is 8.94. The van der Waals surface area contributed by atoms with Crippen molar-refractivity contribution in [2.24, 2.45) is 0 Å². The highest BCUT2D eigenvalue weighted by molar-refractivity contribution is 5.52. The zero-order valence-electron chi connectivity index (χ0n) is 16.4. The van der Waals surface area contributed by atoms with E-state index in [4.69, 9.17) is 4.74 Å². The van der Waals surface area contributed by atoms with Crippen LogP contribution < -0.4 is 4.74 Å². The Balaban J connectivity index is 2.21. The number of rotatable bonds is 1. The molecule has 0 radical (unpaired) electrons. The van der Waals surface area contributed by atoms with Crippen LogP contribution in [0.5, 0.6) is 5.75 Å². The Hall–Kier alpha value is -1.76. The molecule has 0 bridgehead atoms. The van der Waals surface area contributed by atoms with Crippen molar-refractivity contribution in [3.63, 3.8) is 0 Å². The summed E-state index contributed by atoms with van der Waals surface area (Å²) in [5.74, 6) is 1.09. The average Bonchev–Trinajstić information content (AvgIpc) is 2.48. The van der Waals surface area contributed by atoms with Crippen molar-refractivity contribution in [2.45, 2.75) is 72.8 Å². The molecule has 0 N–H and O–H groups in total. The van der Waals surface area contributed by atoms with Gasteiger partial charge in [0.2, 0.25) is 0 Å². The summed E-state index contributed by atoms with van der Waals surface area (Å²) in [5, 5.41) is 0. The van der Waals surface area contributed by atoms with Crippen LogP contribution in [-0.2, 0) is 11.0 Å². The zero-order valence-corrected chi connectivity index (χ0v) is 16.4. The zero-order chi connectivity index (χ0) is 17.9. The lowest BCUT2D eigenvalue weighted by Gasteiger charge is -2.46. The summed E-state index contributed by atoms with van der Waals surface area (Å²) in [6.45, 7) is 17.9. The Morgan fingerprint density at radius 1 is 0.708 bits per heavy atom. The maximum absolute atomic E-state index is 6.73. The molecular weight excluding hydrogens is 292 g/mol. The minimum absolute atomic E-state index is 0.0893. The summed E-state index contributed by atoms with van der Waals surface area (Å²) in [4.78, 5) is 0. The van der Waals surface area contributed by atoms with Crippen LogP contribution in [-0.4, -0.2) is 0 Å². The number of fused-ring (bicyclic) bond motifs is 1. The largest absolute Gasteiger partial charge is 0.482 e. The Morgan fingerprint density at radius 2 is 1.25 bits per heavy atom. The second kappa shape index (κ2) is 5.37. The standard InChI is InChI=1S/C23H30O/c1-14-9-11-19(18(5)16(14)3)23(8)13-22(6,7)20-12-10-15(2)17(4)21(20)24-23/h9-12H,13H2,1-8H3. The van der Waals surface area contributed by atoms with Gasteiger partial charge < -0.3 is 4.74 Å². The fraction of sp³-hybridized carbons (Fsp3) is 0.478. The molecule has 0 saturated carbocycles. The summed E-state index contributed by atoms with van der Waals surface area (Å²) in [7, 11) is 0. The van der Waals surface area contributed by atoms with Gasteiger partial charge in [0.1, 0.15) is 11.4 Å². The number of ether oxygens (including phenoxy) is 1. The van der Waals surface area contributed by atoms with Crippen LogP contribution in [0.15, 0.2) is 24.3 Å². The predicted octanol–water partition coefficient (Wildman–Crippen LogP) is 6.20. The van der Waals surface area contributed by atoms with Gasteiger partial charge in [0.25, 0.3) is 0 Å². The third-order valence-electron chi connectivity index (χ3n) is 6.14. The van der Waals surface area contributed by atoms with E-state index in [1.165, 1.54) is 38.9 Å². The molecule has 2 aromatic rings. The van der Waals surface area contributed by atoms with Gasteiger partial charge >= 0.3 is 0 Å². The molecule has 0 aromatic heterocycles. The van der Waals surface area contributed by atoms with Crippen LogP contribution in [0, 0.1) is 34.6 Å². The van der Waals surface area contributed by atoms with Gasteiger partial charge in [-0.05, 0) is 80.3 Å². The molecule has 2 aromatic carbocycles. The molecule has 0 fully saturated rings. The van der Waals surface area contributed by atoms with E-state index in [1.54, 1.807) is 0 Å². The highest BCUT2D eigenvalue weighted by Crippen LogP contribution is 2.51. The maximum Gasteiger partial charge on any atom is 0.132 e. The lowest BCUT2D eigenvalue weighted by Crippen LogP contribution is -2.42. The summed E-state index contributed by atoms with van der Waals surface area (Å²) < 4.78 is 6.73. The number of aryl methyl sites for hydroxylation is 2. The third kappa shape index (κ3) is 2.46. The van der Waals surface area contributed by atoms with Crippen molar-refractivity contribution >= 4 is 0 Å². The first-order valence-electron chi connectivity index (χ1n) is 8.94. The van der Waals surface area contributed by atoms with Gasteiger partial charge in [0.05, 0.1) is 0 Å². The second-order valence-corrected chi connectivity index (χ2v) is 8.46. The lowest BCUT2D eigenvalue weighted by atomic mass is 9.69. The maximum atomic E-state index is 6.73. The van der Waals surface area contributed by atoms with E-state index in [0.717, 1.165) is 12.2 Å². The summed E-state index contributed by atoms with van der Waals surface area (Å²) >= 11 is 0. The van der Waals surface area contributed by atoms with Crippen LogP contribution in [0.1, 0.15) is 66.1 Å². The van der Waals surface area contributed by atoms with Crippen molar-refractivity contribution in [3.05, 3.63) is 63.2 Å². The van der Waals surface area contributed by atoms with Gasteiger partial charge in [-0.25, -0.2) is 0 Å². The third-order valence-corrected chi connectivity index (χ3v) is 6.14. The smallest absolute Gasteiger partial charge is 0.132 e. The normalized spacial score (nSPS) is 22.0. The minimum atomic E-state index is -0.294. The molecule has 0 amide bonds. The monoisotopic (exact) mass is 322 g/mol. The number of benzene rings is 2. The summed E-state index contributed by atoms with van der Waals surface area (Å²) in [6.07, 6.45) is 0.985. The molecular formula is C23H30O. The van der Waals surface area contributed by atoms with E-state index in [1.807, 2.05) is 0 Å². The van der Waals surface area contributed by atoms with E-state index in [2.05, 4.69) is 79.7 Å². The van der Waals surface area contributed by atoms with Gasteiger partial charge in [-0.1, -0.05) is 38.1 Å². The second-order valence-electron chi connectivity index (χ2n) is 8.46. The van der Waals surface area contributed by atoms with Crippen molar-refractivity contribution in [1.82, 2.24) is 0 Å². The highest BCUT2D eigenvalue weighted by Gasteiger charge is 2.44. The van der Waals surface area contributed by atoms with Gasteiger partial charge in [0.15, 0.2) is 0 Å². The number of hydrogen-bond acceptors (Lipinski definition) is 1. The van der Waals surface area contributed by atoms with Crippen LogP contribution in [0.25, 0.3) is 0 Å². The lowest BCUT2D eigenvalue weighted by molar-refractivity contribution is 0.0310.